The van der Waals surface area contributed by atoms with E-state index in [9.17, 15) is 18.0 Å². The molecular formula is C29H34ClN3O6S. The van der Waals surface area contributed by atoms with Crippen molar-refractivity contribution >= 4 is 39.1 Å². The molecule has 0 aliphatic carbocycles. The average Bonchev–Trinajstić information content (AvgIpc) is 2.93. The van der Waals surface area contributed by atoms with Crippen molar-refractivity contribution in [3.05, 3.63) is 88.9 Å². The van der Waals surface area contributed by atoms with E-state index in [1.54, 1.807) is 31.2 Å². The number of carbonyl (C=O) groups is 2. The van der Waals surface area contributed by atoms with Crippen LogP contribution in [-0.4, -0.2) is 64.7 Å². The summed E-state index contributed by atoms with van der Waals surface area (Å²) in [5.74, 6) is -0.119. The normalized spacial score (nSPS) is 11.8. The van der Waals surface area contributed by atoms with Crippen LogP contribution in [0.3, 0.4) is 0 Å². The van der Waals surface area contributed by atoms with Crippen molar-refractivity contribution in [2.45, 2.75) is 25.9 Å². The molecule has 0 aromatic heterocycles. The summed E-state index contributed by atoms with van der Waals surface area (Å²) in [6.07, 6.45) is 1.22. The van der Waals surface area contributed by atoms with E-state index in [0.717, 1.165) is 16.1 Å². The zero-order chi connectivity index (χ0) is 29.3. The molecule has 11 heteroatoms. The van der Waals surface area contributed by atoms with Gasteiger partial charge in [0.1, 0.15) is 24.1 Å². The molecule has 0 aliphatic rings. The molecule has 0 bridgehead atoms. The fraction of sp³-hybridized carbons (Fsp3) is 0.310. The number of sulfonamides is 1. The molecule has 0 heterocycles. The van der Waals surface area contributed by atoms with E-state index >= 15 is 0 Å². The summed E-state index contributed by atoms with van der Waals surface area (Å²) < 4.78 is 37.6. The van der Waals surface area contributed by atoms with Crippen LogP contribution >= 0.6 is 11.6 Å². The maximum atomic E-state index is 14.1. The van der Waals surface area contributed by atoms with Gasteiger partial charge in [-0.05, 0) is 48.4 Å². The fourth-order valence-electron chi connectivity index (χ4n) is 4.27. The first-order chi connectivity index (χ1) is 19.1. The molecule has 3 aromatic carbocycles. The highest BCUT2D eigenvalue weighted by atomic mass is 35.5. The first-order valence-corrected chi connectivity index (χ1v) is 14.8. The quantitative estimate of drug-likeness (QED) is 0.325. The largest absolute Gasteiger partial charge is 0.497 e. The number of methoxy groups -OCH3 is 2. The summed E-state index contributed by atoms with van der Waals surface area (Å²) in [5, 5.41) is 3.10. The van der Waals surface area contributed by atoms with E-state index < -0.39 is 28.5 Å². The van der Waals surface area contributed by atoms with Gasteiger partial charge in [0.15, 0.2) is 0 Å². The fourth-order valence-corrected chi connectivity index (χ4v) is 5.28. The Labute approximate surface area is 240 Å². The van der Waals surface area contributed by atoms with E-state index in [2.05, 4.69) is 5.32 Å². The first kappa shape index (κ1) is 30.8. The molecule has 214 valence electrons. The van der Waals surface area contributed by atoms with Crippen molar-refractivity contribution < 1.29 is 27.5 Å². The molecular weight excluding hydrogens is 554 g/mol. The molecule has 0 unspecified atom stereocenters. The zero-order valence-electron chi connectivity index (χ0n) is 23.0. The number of rotatable bonds is 13. The van der Waals surface area contributed by atoms with Gasteiger partial charge in [0, 0.05) is 24.5 Å². The topological polar surface area (TPSA) is 105 Å². The molecule has 0 saturated heterocycles. The van der Waals surface area contributed by atoms with Crippen molar-refractivity contribution in [3.8, 4) is 11.5 Å². The Balaban J connectivity index is 2.09. The van der Waals surface area contributed by atoms with Gasteiger partial charge in [-0.15, -0.1) is 0 Å². The summed E-state index contributed by atoms with van der Waals surface area (Å²) >= 11 is 6.18. The molecule has 1 atom stereocenters. The van der Waals surface area contributed by atoms with Crippen LogP contribution in [0.5, 0.6) is 11.5 Å². The molecule has 0 spiro atoms. The second kappa shape index (κ2) is 14.0. The van der Waals surface area contributed by atoms with Gasteiger partial charge in [-0.1, -0.05) is 54.1 Å². The Hall–Kier alpha value is -3.76. The van der Waals surface area contributed by atoms with Crippen LogP contribution in [0.4, 0.5) is 5.69 Å². The van der Waals surface area contributed by atoms with Crippen LogP contribution in [-0.2, 0) is 32.6 Å². The molecule has 0 radical (unpaired) electrons. The van der Waals surface area contributed by atoms with Crippen molar-refractivity contribution in [2.75, 3.05) is 37.9 Å². The third kappa shape index (κ3) is 8.12. The lowest BCUT2D eigenvalue weighted by Crippen LogP contribution is -2.53. The number of likely N-dealkylation sites (N-methyl/N-ethyl adjacent to an activating group) is 1. The van der Waals surface area contributed by atoms with Crippen molar-refractivity contribution in [3.63, 3.8) is 0 Å². The van der Waals surface area contributed by atoms with Crippen LogP contribution in [0.1, 0.15) is 18.1 Å². The second-order valence-corrected chi connectivity index (χ2v) is 11.4. The SMILES string of the molecule is CCNC(=O)[C@H](Cc1ccccc1)N(Cc1cccc(OC)c1)C(=O)CN(c1cc(Cl)ccc1OC)S(C)(=O)=O. The number of nitrogens with zero attached hydrogens (tertiary/aromatic N) is 2. The Morgan fingerprint density at radius 1 is 0.950 bits per heavy atom. The van der Waals surface area contributed by atoms with E-state index in [-0.39, 0.29) is 35.3 Å². The monoisotopic (exact) mass is 587 g/mol. The molecule has 9 nitrogen and oxygen atoms in total. The minimum Gasteiger partial charge on any atom is -0.497 e. The molecule has 3 rings (SSSR count). The van der Waals surface area contributed by atoms with Gasteiger partial charge < -0.3 is 19.7 Å². The molecule has 40 heavy (non-hydrogen) atoms. The summed E-state index contributed by atoms with van der Waals surface area (Å²) in [6, 6.07) is 20.1. The van der Waals surface area contributed by atoms with Crippen molar-refractivity contribution in [2.24, 2.45) is 0 Å². The molecule has 3 aromatic rings. The van der Waals surface area contributed by atoms with Gasteiger partial charge in [-0.25, -0.2) is 8.42 Å². The smallest absolute Gasteiger partial charge is 0.244 e. The summed E-state index contributed by atoms with van der Waals surface area (Å²) in [7, 11) is -1.03. The summed E-state index contributed by atoms with van der Waals surface area (Å²) in [5.41, 5.74) is 1.67. The lowest BCUT2D eigenvalue weighted by atomic mass is 10.0. The second-order valence-electron chi connectivity index (χ2n) is 9.06. The number of benzene rings is 3. The number of ether oxygens (including phenoxy) is 2. The molecule has 0 fully saturated rings. The number of nitrogens with one attached hydrogen (secondary N) is 1. The Bertz CT molecular complexity index is 1420. The van der Waals surface area contributed by atoms with Gasteiger partial charge in [0.05, 0.1) is 26.2 Å². The van der Waals surface area contributed by atoms with E-state index in [0.29, 0.717) is 17.9 Å². The highest BCUT2D eigenvalue weighted by Gasteiger charge is 2.33. The van der Waals surface area contributed by atoms with Gasteiger partial charge >= 0.3 is 0 Å². The Kier molecular flexibility index (Phi) is 10.8. The first-order valence-electron chi connectivity index (χ1n) is 12.6. The predicted octanol–water partition coefficient (Wildman–Crippen LogP) is 3.90. The minimum absolute atomic E-state index is 0.0367. The predicted molar refractivity (Wildman–Crippen MR) is 156 cm³/mol. The number of anilines is 1. The van der Waals surface area contributed by atoms with Gasteiger partial charge in [0.2, 0.25) is 21.8 Å². The molecule has 1 N–H and O–H groups in total. The highest BCUT2D eigenvalue weighted by Crippen LogP contribution is 2.33. The third-order valence-corrected chi connectivity index (χ3v) is 7.56. The van der Waals surface area contributed by atoms with Gasteiger partial charge in [-0.2, -0.15) is 0 Å². The molecule has 0 saturated carbocycles. The number of carbonyl (C=O) groups excluding carboxylic acids is 2. The van der Waals surface area contributed by atoms with Crippen LogP contribution in [0.25, 0.3) is 0 Å². The number of amides is 2. The van der Waals surface area contributed by atoms with Crippen LogP contribution in [0.2, 0.25) is 5.02 Å². The van der Waals surface area contributed by atoms with Crippen molar-refractivity contribution in [1.29, 1.82) is 0 Å². The number of hydrogen-bond acceptors (Lipinski definition) is 6. The average molecular weight is 588 g/mol. The van der Waals surface area contributed by atoms with Crippen molar-refractivity contribution in [1.82, 2.24) is 10.2 Å². The third-order valence-electron chi connectivity index (χ3n) is 6.20. The van der Waals surface area contributed by atoms with Crippen LogP contribution in [0, 0.1) is 0 Å². The van der Waals surface area contributed by atoms with Gasteiger partial charge in [0.25, 0.3) is 0 Å². The number of halogens is 1. The lowest BCUT2D eigenvalue weighted by molar-refractivity contribution is -0.140. The summed E-state index contributed by atoms with van der Waals surface area (Å²) in [6.45, 7) is 1.61. The molecule has 0 aliphatic heterocycles. The minimum atomic E-state index is -3.97. The maximum absolute atomic E-state index is 14.1. The lowest BCUT2D eigenvalue weighted by Gasteiger charge is -2.33. The van der Waals surface area contributed by atoms with Crippen LogP contribution < -0.4 is 19.1 Å². The molecule has 2 amide bonds. The van der Waals surface area contributed by atoms with Gasteiger partial charge in [-0.3, -0.25) is 13.9 Å². The maximum Gasteiger partial charge on any atom is 0.244 e. The highest BCUT2D eigenvalue weighted by molar-refractivity contribution is 7.92. The zero-order valence-corrected chi connectivity index (χ0v) is 24.5. The Morgan fingerprint density at radius 2 is 1.65 bits per heavy atom. The Morgan fingerprint density at radius 3 is 2.27 bits per heavy atom. The standard InChI is InChI=1S/C29H34ClN3O6S/c1-5-31-29(35)26(17-21-10-7-6-8-11-21)32(19-22-12-9-13-24(16-22)38-2)28(34)20-33(40(4,36)37)25-18-23(30)14-15-27(25)39-3/h6-16,18,26H,5,17,19-20H2,1-4H3,(H,31,35)/t26-/m0/s1. The van der Waals surface area contributed by atoms with E-state index in [4.69, 9.17) is 21.1 Å². The van der Waals surface area contributed by atoms with E-state index in [1.807, 2.05) is 36.4 Å². The summed E-state index contributed by atoms with van der Waals surface area (Å²) in [4.78, 5) is 28.9. The van der Waals surface area contributed by atoms with Crippen LogP contribution in [0.15, 0.2) is 72.8 Å². The number of hydrogen-bond donors (Lipinski definition) is 1. The van der Waals surface area contributed by atoms with E-state index in [1.165, 1.54) is 31.3 Å².